The zero-order valence-corrected chi connectivity index (χ0v) is 13.2. The van der Waals surface area contributed by atoms with E-state index in [9.17, 15) is 0 Å². The van der Waals surface area contributed by atoms with Crippen molar-refractivity contribution in [2.45, 2.75) is 51.6 Å². The lowest BCUT2D eigenvalue weighted by molar-refractivity contribution is 0.441. The molecular weight excluding hydrogens is 262 g/mol. The van der Waals surface area contributed by atoms with E-state index in [4.69, 9.17) is 0 Å². The van der Waals surface area contributed by atoms with Crippen LogP contribution in [0.3, 0.4) is 0 Å². The molecular formula is C18H23NS. The smallest absolute Gasteiger partial charge is 0.0391 e. The van der Waals surface area contributed by atoms with Gasteiger partial charge < -0.3 is 5.32 Å². The number of rotatable bonds is 3. The quantitative estimate of drug-likeness (QED) is 0.767. The highest BCUT2D eigenvalue weighted by atomic mass is 32.1. The lowest BCUT2D eigenvalue weighted by Crippen LogP contribution is -2.24. The first-order valence-electron chi connectivity index (χ1n) is 7.64. The SMILES string of the molecule is Cc1ccc(C(C)NC2CCCCc3ccccc32)s1. The highest BCUT2D eigenvalue weighted by Crippen LogP contribution is 2.32. The van der Waals surface area contributed by atoms with Crippen molar-refractivity contribution in [1.29, 1.82) is 0 Å². The number of fused-ring (bicyclic) bond motifs is 1. The van der Waals surface area contributed by atoms with Crippen molar-refractivity contribution in [1.82, 2.24) is 5.32 Å². The second-order valence-electron chi connectivity index (χ2n) is 5.83. The standard InChI is InChI=1S/C18H23NS/c1-13-11-12-18(20-13)14(2)19-17-10-6-4-8-15-7-3-5-9-16(15)17/h3,5,7,9,11-12,14,17,19H,4,6,8,10H2,1-2H3. The average molecular weight is 285 g/mol. The molecule has 1 nitrogen and oxygen atoms in total. The summed E-state index contributed by atoms with van der Waals surface area (Å²) < 4.78 is 0. The van der Waals surface area contributed by atoms with Crippen LogP contribution < -0.4 is 5.32 Å². The molecule has 0 radical (unpaired) electrons. The van der Waals surface area contributed by atoms with E-state index in [0.717, 1.165) is 0 Å². The molecule has 3 rings (SSSR count). The average Bonchev–Trinajstić information content (AvgIpc) is 2.79. The van der Waals surface area contributed by atoms with Crippen molar-refractivity contribution in [2.24, 2.45) is 0 Å². The van der Waals surface area contributed by atoms with Gasteiger partial charge in [-0.1, -0.05) is 30.7 Å². The Morgan fingerprint density at radius 2 is 2.00 bits per heavy atom. The Hall–Kier alpha value is -1.12. The molecule has 0 aliphatic heterocycles. The summed E-state index contributed by atoms with van der Waals surface area (Å²) >= 11 is 1.91. The molecule has 2 atom stereocenters. The number of thiophene rings is 1. The molecule has 2 unspecified atom stereocenters. The van der Waals surface area contributed by atoms with E-state index in [-0.39, 0.29) is 0 Å². The van der Waals surface area contributed by atoms with E-state index < -0.39 is 0 Å². The van der Waals surface area contributed by atoms with Gasteiger partial charge in [0.05, 0.1) is 0 Å². The summed E-state index contributed by atoms with van der Waals surface area (Å²) in [5, 5.41) is 3.86. The molecule has 1 heterocycles. The molecule has 1 aromatic carbocycles. The van der Waals surface area contributed by atoms with Gasteiger partial charge >= 0.3 is 0 Å². The molecule has 1 aromatic heterocycles. The van der Waals surface area contributed by atoms with Crippen molar-refractivity contribution in [3.8, 4) is 0 Å². The van der Waals surface area contributed by atoms with Crippen LogP contribution in [0.15, 0.2) is 36.4 Å². The van der Waals surface area contributed by atoms with Crippen LogP contribution in [0.25, 0.3) is 0 Å². The van der Waals surface area contributed by atoms with Gasteiger partial charge in [0.2, 0.25) is 0 Å². The highest BCUT2D eigenvalue weighted by Gasteiger charge is 2.20. The van der Waals surface area contributed by atoms with Gasteiger partial charge in [-0.25, -0.2) is 0 Å². The third kappa shape index (κ3) is 2.97. The van der Waals surface area contributed by atoms with Gasteiger partial charge in [-0.3, -0.25) is 0 Å². The van der Waals surface area contributed by atoms with Crippen LogP contribution in [-0.2, 0) is 6.42 Å². The summed E-state index contributed by atoms with van der Waals surface area (Å²) in [6.07, 6.45) is 5.14. The largest absolute Gasteiger partial charge is 0.303 e. The number of aryl methyl sites for hydroxylation is 2. The topological polar surface area (TPSA) is 12.0 Å². The summed E-state index contributed by atoms with van der Waals surface area (Å²) in [5.74, 6) is 0. The van der Waals surface area contributed by atoms with Crippen LogP contribution in [-0.4, -0.2) is 0 Å². The van der Waals surface area contributed by atoms with Crippen LogP contribution >= 0.6 is 11.3 Å². The first-order chi connectivity index (χ1) is 9.74. The minimum Gasteiger partial charge on any atom is -0.303 e. The number of hydrogen-bond donors (Lipinski definition) is 1. The Morgan fingerprint density at radius 1 is 1.15 bits per heavy atom. The Morgan fingerprint density at radius 3 is 2.80 bits per heavy atom. The lowest BCUT2D eigenvalue weighted by Gasteiger charge is -2.23. The molecule has 2 aromatic rings. The third-order valence-corrected chi connectivity index (χ3v) is 5.44. The fourth-order valence-electron chi connectivity index (χ4n) is 3.16. The molecule has 20 heavy (non-hydrogen) atoms. The maximum Gasteiger partial charge on any atom is 0.0391 e. The molecule has 0 amide bonds. The minimum atomic E-state index is 0.435. The second-order valence-corrected chi connectivity index (χ2v) is 7.15. The molecule has 0 saturated heterocycles. The van der Waals surface area contributed by atoms with Gasteiger partial charge in [-0.15, -0.1) is 11.3 Å². The number of hydrogen-bond acceptors (Lipinski definition) is 2. The van der Waals surface area contributed by atoms with Crippen molar-refractivity contribution in [2.75, 3.05) is 0 Å². The molecule has 2 heteroatoms. The summed E-state index contributed by atoms with van der Waals surface area (Å²) in [4.78, 5) is 2.85. The molecule has 1 aliphatic rings. The molecule has 1 aliphatic carbocycles. The van der Waals surface area contributed by atoms with Crippen LogP contribution in [0.2, 0.25) is 0 Å². The molecule has 0 bridgehead atoms. The molecule has 0 saturated carbocycles. The van der Waals surface area contributed by atoms with Gasteiger partial charge in [0.15, 0.2) is 0 Å². The van der Waals surface area contributed by atoms with Crippen molar-refractivity contribution in [3.05, 3.63) is 57.3 Å². The first-order valence-corrected chi connectivity index (χ1v) is 8.46. The Kier molecular flexibility index (Phi) is 4.23. The van der Waals surface area contributed by atoms with Gasteiger partial charge in [-0.2, -0.15) is 0 Å². The maximum atomic E-state index is 3.86. The van der Waals surface area contributed by atoms with Crippen LogP contribution in [0.5, 0.6) is 0 Å². The zero-order chi connectivity index (χ0) is 13.9. The van der Waals surface area contributed by atoms with E-state index >= 15 is 0 Å². The van der Waals surface area contributed by atoms with Crippen LogP contribution in [0.1, 0.15) is 59.2 Å². The highest BCUT2D eigenvalue weighted by molar-refractivity contribution is 7.12. The van der Waals surface area contributed by atoms with Gasteiger partial charge in [0.1, 0.15) is 0 Å². The fourth-order valence-corrected chi connectivity index (χ4v) is 4.05. The normalized spacial score (nSPS) is 20.2. The van der Waals surface area contributed by atoms with Crippen LogP contribution in [0.4, 0.5) is 0 Å². The summed E-state index contributed by atoms with van der Waals surface area (Å²) in [6.45, 7) is 4.47. The molecule has 1 N–H and O–H groups in total. The first kappa shape index (κ1) is 13.8. The maximum absolute atomic E-state index is 3.86. The minimum absolute atomic E-state index is 0.435. The lowest BCUT2D eigenvalue weighted by atomic mass is 9.98. The predicted molar refractivity (Wildman–Crippen MR) is 87.3 cm³/mol. The number of nitrogens with one attached hydrogen (secondary N) is 1. The monoisotopic (exact) mass is 285 g/mol. The molecule has 106 valence electrons. The third-order valence-electron chi connectivity index (χ3n) is 4.26. The zero-order valence-electron chi connectivity index (χ0n) is 12.4. The number of benzene rings is 1. The Labute approximate surface area is 126 Å². The molecule has 0 fully saturated rings. The fraction of sp³-hybridized carbons (Fsp3) is 0.444. The van der Waals surface area contributed by atoms with Crippen molar-refractivity contribution in [3.63, 3.8) is 0 Å². The van der Waals surface area contributed by atoms with Crippen molar-refractivity contribution >= 4 is 11.3 Å². The van der Waals surface area contributed by atoms with Crippen LogP contribution in [0, 0.1) is 6.92 Å². The summed E-state index contributed by atoms with van der Waals surface area (Å²) in [7, 11) is 0. The van der Waals surface area contributed by atoms with E-state index in [0.29, 0.717) is 12.1 Å². The van der Waals surface area contributed by atoms with Gasteiger partial charge in [0.25, 0.3) is 0 Å². The summed E-state index contributed by atoms with van der Waals surface area (Å²) in [6, 6.07) is 14.4. The Balaban J connectivity index is 1.80. The van der Waals surface area contributed by atoms with E-state index in [2.05, 4.69) is 55.6 Å². The predicted octanol–water partition coefficient (Wildman–Crippen LogP) is 5.17. The molecule has 0 spiro atoms. The van der Waals surface area contributed by atoms with Gasteiger partial charge in [-0.05, 0) is 56.4 Å². The van der Waals surface area contributed by atoms with E-state index in [1.807, 2.05) is 11.3 Å². The van der Waals surface area contributed by atoms with E-state index in [1.165, 1.54) is 46.6 Å². The van der Waals surface area contributed by atoms with Crippen molar-refractivity contribution < 1.29 is 0 Å². The Bertz CT molecular complexity index is 572. The summed E-state index contributed by atoms with van der Waals surface area (Å²) in [5.41, 5.74) is 3.06. The van der Waals surface area contributed by atoms with Gasteiger partial charge in [0, 0.05) is 21.8 Å². The second kappa shape index (κ2) is 6.11. The van der Waals surface area contributed by atoms with E-state index in [1.54, 1.807) is 0 Å².